The van der Waals surface area contributed by atoms with Crippen LogP contribution in [0, 0.1) is 5.92 Å². The van der Waals surface area contributed by atoms with Crippen LogP contribution in [-0.2, 0) is 9.53 Å². The molecule has 1 saturated carbocycles. The van der Waals surface area contributed by atoms with E-state index in [1.807, 2.05) is 0 Å². The second-order valence-corrected chi connectivity index (χ2v) is 7.10. The summed E-state index contributed by atoms with van der Waals surface area (Å²) in [6.45, 7) is 3.84. The molecule has 1 aliphatic heterocycles. The van der Waals surface area contributed by atoms with Gasteiger partial charge in [-0.2, -0.15) is 0 Å². The summed E-state index contributed by atoms with van der Waals surface area (Å²) >= 11 is 0. The third kappa shape index (κ3) is 4.42. The van der Waals surface area contributed by atoms with Crippen molar-refractivity contribution >= 4 is 11.8 Å². The van der Waals surface area contributed by atoms with E-state index in [1.54, 1.807) is 17.0 Å². The second kappa shape index (κ2) is 8.52. The van der Waals surface area contributed by atoms with Crippen molar-refractivity contribution in [1.82, 2.24) is 10.2 Å². The van der Waals surface area contributed by atoms with Crippen LogP contribution in [0.25, 0.3) is 0 Å². The highest BCUT2D eigenvalue weighted by molar-refractivity contribution is 5.95. The molecule has 0 bridgehead atoms. The Morgan fingerprint density at radius 3 is 2.88 bits per heavy atom. The highest BCUT2D eigenvalue weighted by Gasteiger charge is 2.35. The monoisotopic (exact) mass is 348 g/mol. The molecule has 6 nitrogen and oxygen atoms in total. The van der Waals surface area contributed by atoms with Crippen LogP contribution in [0.4, 0.5) is 0 Å². The van der Waals surface area contributed by atoms with Crippen molar-refractivity contribution in [3.8, 4) is 0 Å². The Hall–Kier alpha value is -1.82. The minimum absolute atomic E-state index is 0.0994. The molecule has 0 spiro atoms. The van der Waals surface area contributed by atoms with E-state index in [1.165, 1.54) is 25.5 Å². The third-order valence-electron chi connectivity index (χ3n) is 5.31. The van der Waals surface area contributed by atoms with Gasteiger partial charge in [-0.3, -0.25) is 9.59 Å². The van der Waals surface area contributed by atoms with Crippen molar-refractivity contribution in [2.24, 2.45) is 5.92 Å². The van der Waals surface area contributed by atoms with E-state index < -0.39 is 6.04 Å². The van der Waals surface area contributed by atoms with Crippen LogP contribution in [0.2, 0.25) is 0 Å². The van der Waals surface area contributed by atoms with E-state index >= 15 is 0 Å². The lowest BCUT2D eigenvalue weighted by Crippen LogP contribution is -2.46. The Morgan fingerprint density at radius 2 is 2.12 bits per heavy atom. The lowest BCUT2D eigenvalue weighted by atomic mass is 9.88. The first-order chi connectivity index (χ1) is 12.2. The maximum absolute atomic E-state index is 12.5. The molecule has 0 radical (unpaired) electrons. The summed E-state index contributed by atoms with van der Waals surface area (Å²) in [5.41, 5.74) is 0. The summed E-state index contributed by atoms with van der Waals surface area (Å²) in [6, 6.07) is 2.91. The van der Waals surface area contributed by atoms with Gasteiger partial charge in [0.05, 0.1) is 19.0 Å². The Bertz CT molecular complexity index is 572. The summed E-state index contributed by atoms with van der Waals surface area (Å²) < 4.78 is 11.1. The molecule has 2 aliphatic rings. The number of ether oxygens (including phenoxy) is 1. The molecule has 1 aromatic heterocycles. The largest absolute Gasteiger partial charge is 0.459 e. The molecule has 0 aromatic carbocycles. The number of nitrogens with one attached hydrogen (secondary N) is 1. The number of hydrogen-bond acceptors (Lipinski definition) is 4. The summed E-state index contributed by atoms with van der Waals surface area (Å²) in [6.07, 6.45) is 8.17. The van der Waals surface area contributed by atoms with E-state index in [0.717, 1.165) is 12.8 Å². The minimum atomic E-state index is -0.411. The summed E-state index contributed by atoms with van der Waals surface area (Å²) in [5, 5.41) is 2.92. The Labute approximate surface area is 148 Å². The van der Waals surface area contributed by atoms with Gasteiger partial charge in [-0.25, -0.2) is 0 Å². The molecule has 3 rings (SSSR count). The number of amides is 2. The summed E-state index contributed by atoms with van der Waals surface area (Å²) in [7, 11) is 0. The first kappa shape index (κ1) is 18.0. The number of hydrogen-bond donors (Lipinski definition) is 1. The van der Waals surface area contributed by atoms with Gasteiger partial charge in [0.25, 0.3) is 5.91 Å². The maximum Gasteiger partial charge on any atom is 0.290 e. The molecule has 3 atom stereocenters. The molecular formula is C19H28N2O4. The van der Waals surface area contributed by atoms with E-state index in [9.17, 15) is 9.59 Å². The number of rotatable bonds is 6. The van der Waals surface area contributed by atoms with Crippen molar-refractivity contribution in [1.29, 1.82) is 0 Å². The number of carbonyl (C=O) groups is 2. The molecule has 25 heavy (non-hydrogen) atoms. The first-order valence-electron chi connectivity index (χ1n) is 9.40. The smallest absolute Gasteiger partial charge is 0.290 e. The first-order valence-corrected chi connectivity index (χ1v) is 9.40. The number of nitrogens with zero attached hydrogens (tertiary/aromatic N) is 1. The molecule has 138 valence electrons. The minimum Gasteiger partial charge on any atom is -0.459 e. The lowest BCUT2D eigenvalue weighted by Gasteiger charge is -2.29. The van der Waals surface area contributed by atoms with Gasteiger partial charge in [0.2, 0.25) is 5.91 Å². The zero-order valence-corrected chi connectivity index (χ0v) is 14.9. The maximum atomic E-state index is 12.5. The van der Waals surface area contributed by atoms with Gasteiger partial charge in [-0.05, 0) is 43.7 Å². The average molecular weight is 348 g/mol. The molecule has 1 aliphatic carbocycles. The molecule has 2 heterocycles. The Balaban J connectivity index is 1.43. The molecule has 2 amide bonds. The number of likely N-dealkylation sites (tertiary alicyclic amines) is 1. The standard InChI is InChI=1S/C19H28N2O4/c1-14-6-2-3-8-16(14)25-13-10-20-18(22)15-7-4-11-21(15)19(23)17-9-5-12-24-17/h5,9,12,14-16H,2-4,6-8,10-11,13H2,1H3,(H,20,22)/t14-,15+,16-/m1/s1. The Morgan fingerprint density at radius 1 is 1.28 bits per heavy atom. The predicted molar refractivity (Wildman–Crippen MR) is 93.1 cm³/mol. The predicted octanol–water partition coefficient (Wildman–Crippen LogP) is 2.60. The van der Waals surface area contributed by atoms with E-state index in [0.29, 0.717) is 38.1 Å². The number of furan rings is 1. The normalized spacial score (nSPS) is 26.6. The van der Waals surface area contributed by atoms with Crippen molar-refractivity contribution < 1.29 is 18.7 Å². The highest BCUT2D eigenvalue weighted by atomic mass is 16.5. The fourth-order valence-electron chi connectivity index (χ4n) is 3.86. The van der Waals surface area contributed by atoms with Gasteiger partial charge in [0.1, 0.15) is 6.04 Å². The van der Waals surface area contributed by atoms with Crippen molar-refractivity contribution in [2.45, 2.75) is 57.6 Å². The second-order valence-electron chi connectivity index (χ2n) is 7.10. The molecule has 6 heteroatoms. The number of carbonyl (C=O) groups excluding carboxylic acids is 2. The van der Waals surface area contributed by atoms with Crippen molar-refractivity contribution in [3.63, 3.8) is 0 Å². The van der Waals surface area contributed by atoms with Gasteiger partial charge < -0.3 is 19.4 Å². The van der Waals surface area contributed by atoms with E-state index in [4.69, 9.17) is 9.15 Å². The van der Waals surface area contributed by atoms with E-state index in [2.05, 4.69) is 12.2 Å². The molecule has 1 aromatic rings. The zero-order chi connectivity index (χ0) is 17.6. The van der Waals surface area contributed by atoms with Crippen LogP contribution < -0.4 is 5.32 Å². The summed E-state index contributed by atoms with van der Waals surface area (Å²) in [5.74, 6) is 0.572. The van der Waals surface area contributed by atoms with Gasteiger partial charge in [0, 0.05) is 13.1 Å². The van der Waals surface area contributed by atoms with Crippen LogP contribution in [0.5, 0.6) is 0 Å². The van der Waals surface area contributed by atoms with Crippen LogP contribution >= 0.6 is 0 Å². The average Bonchev–Trinajstić information content (AvgIpc) is 3.30. The van der Waals surface area contributed by atoms with Gasteiger partial charge in [-0.1, -0.05) is 19.8 Å². The summed E-state index contributed by atoms with van der Waals surface area (Å²) in [4.78, 5) is 26.5. The van der Waals surface area contributed by atoms with Crippen LogP contribution in [0.1, 0.15) is 56.0 Å². The van der Waals surface area contributed by atoms with Gasteiger partial charge >= 0.3 is 0 Å². The SMILES string of the molecule is C[C@@H]1CCCC[C@H]1OCCNC(=O)[C@@H]1CCCN1C(=O)c1ccco1. The molecule has 2 fully saturated rings. The van der Waals surface area contributed by atoms with Gasteiger partial charge in [0.15, 0.2) is 5.76 Å². The fraction of sp³-hybridized carbons (Fsp3) is 0.684. The fourth-order valence-corrected chi connectivity index (χ4v) is 3.86. The van der Waals surface area contributed by atoms with Crippen molar-refractivity contribution in [2.75, 3.05) is 19.7 Å². The van der Waals surface area contributed by atoms with Gasteiger partial charge in [-0.15, -0.1) is 0 Å². The van der Waals surface area contributed by atoms with Crippen molar-refractivity contribution in [3.05, 3.63) is 24.2 Å². The third-order valence-corrected chi connectivity index (χ3v) is 5.31. The lowest BCUT2D eigenvalue weighted by molar-refractivity contribution is -0.125. The van der Waals surface area contributed by atoms with Crippen LogP contribution in [0.15, 0.2) is 22.8 Å². The van der Waals surface area contributed by atoms with Crippen LogP contribution in [-0.4, -0.2) is 48.6 Å². The highest BCUT2D eigenvalue weighted by Crippen LogP contribution is 2.26. The molecular weight excluding hydrogens is 320 g/mol. The van der Waals surface area contributed by atoms with Crippen LogP contribution in [0.3, 0.4) is 0 Å². The molecule has 1 saturated heterocycles. The molecule has 0 unspecified atom stereocenters. The molecule has 1 N–H and O–H groups in total. The zero-order valence-electron chi connectivity index (χ0n) is 14.9. The van der Waals surface area contributed by atoms with E-state index in [-0.39, 0.29) is 17.6 Å². The quantitative estimate of drug-likeness (QED) is 0.802. The Kier molecular flexibility index (Phi) is 6.13. The topological polar surface area (TPSA) is 71.8 Å².